The first-order chi connectivity index (χ1) is 6.38. The molecular formula is C10H21NO2. The van der Waals surface area contributed by atoms with Crippen molar-refractivity contribution in [3.63, 3.8) is 0 Å². The molecule has 1 aliphatic heterocycles. The number of likely N-dealkylation sites (N-methyl/N-ethyl adjacent to an activating group) is 1. The molecule has 0 spiro atoms. The van der Waals surface area contributed by atoms with E-state index in [0.717, 1.165) is 32.3 Å². The normalized spacial score (nSPS) is 21.7. The van der Waals surface area contributed by atoms with Crippen molar-refractivity contribution in [1.82, 2.24) is 5.32 Å². The summed E-state index contributed by atoms with van der Waals surface area (Å²) in [6.45, 7) is 5.50. The molecule has 1 N–H and O–H groups in total. The number of nitrogens with one attached hydrogen (secondary N) is 1. The van der Waals surface area contributed by atoms with Crippen molar-refractivity contribution in [2.24, 2.45) is 5.92 Å². The molecule has 0 radical (unpaired) electrons. The Morgan fingerprint density at radius 3 is 2.69 bits per heavy atom. The zero-order chi connectivity index (χ0) is 9.52. The summed E-state index contributed by atoms with van der Waals surface area (Å²) in [6.07, 6.45) is 2.33. The predicted octanol–water partition coefficient (Wildman–Crippen LogP) is 1.04. The van der Waals surface area contributed by atoms with Crippen LogP contribution in [0.4, 0.5) is 0 Å². The van der Waals surface area contributed by atoms with Gasteiger partial charge >= 0.3 is 0 Å². The molecule has 0 amide bonds. The van der Waals surface area contributed by atoms with E-state index in [1.54, 1.807) is 0 Å². The molecule has 3 nitrogen and oxygen atoms in total. The highest BCUT2D eigenvalue weighted by Crippen LogP contribution is 2.18. The van der Waals surface area contributed by atoms with Crippen LogP contribution in [0.25, 0.3) is 0 Å². The fourth-order valence-electron chi connectivity index (χ4n) is 1.82. The van der Waals surface area contributed by atoms with E-state index in [0.29, 0.717) is 6.04 Å². The third-order valence-electron chi connectivity index (χ3n) is 2.71. The molecule has 1 heterocycles. The molecule has 1 rings (SSSR count). The third-order valence-corrected chi connectivity index (χ3v) is 2.71. The minimum absolute atomic E-state index is 0.504. The number of rotatable bonds is 5. The van der Waals surface area contributed by atoms with Gasteiger partial charge < -0.3 is 14.8 Å². The van der Waals surface area contributed by atoms with Gasteiger partial charge in [0.2, 0.25) is 0 Å². The molecule has 0 aromatic carbocycles. The zero-order valence-corrected chi connectivity index (χ0v) is 8.71. The van der Waals surface area contributed by atoms with Gasteiger partial charge in [0, 0.05) is 25.9 Å². The Morgan fingerprint density at radius 2 is 2.15 bits per heavy atom. The highest BCUT2D eigenvalue weighted by Gasteiger charge is 2.22. The minimum atomic E-state index is 0.504. The molecule has 1 atom stereocenters. The Hall–Kier alpha value is -0.120. The van der Waals surface area contributed by atoms with E-state index in [1.807, 2.05) is 14.0 Å². The van der Waals surface area contributed by atoms with Gasteiger partial charge in [-0.3, -0.25) is 0 Å². The molecular weight excluding hydrogens is 166 g/mol. The molecule has 1 aliphatic rings. The first kappa shape index (κ1) is 11.0. The largest absolute Gasteiger partial charge is 0.381 e. The monoisotopic (exact) mass is 187 g/mol. The lowest BCUT2D eigenvalue weighted by Crippen LogP contribution is -2.40. The summed E-state index contributed by atoms with van der Waals surface area (Å²) in [5.74, 6) is 0.727. The van der Waals surface area contributed by atoms with Crippen LogP contribution < -0.4 is 5.32 Å². The lowest BCUT2D eigenvalue weighted by Gasteiger charge is -2.29. The van der Waals surface area contributed by atoms with Crippen LogP contribution in [-0.2, 0) is 9.47 Å². The maximum Gasteiger partial charge on any atom is 0.0622 e. The van der Waals surface area contributed by atoms with Gasteiger partial charge in [-0.1, -0.05) is 0 Å². The van der Waals surface area contributed by atoms with Crippen LogP contribution in [0.2, 0.25) is 0 Å². The summed E-state index contributed by atoms with van der Waals surface area (Å²) in [4.78, 5) is 0. The standard InChI is InChI=1S/C10H21NO2/c1-3-12-8-10(11-2)9-4-6-13-7-5-9/h9-11H,3-8H2,1-2H3. The van der Waals surface area contributed by atoms with Crippen LogP contribution in [0.1, 0.15) is 19.8 Å². The zero-order valence-electron chi connectivity index (χ0n) is 8.71. The Kier molecular flexibility index (Phi) is 5.35. The van der Waals surface area contributed by atoms with E-state index in [4.69, 9.17) is 9.47 Å². The Labute approximate surface area is 80.8 Å². The average Bonchev–Trinajstić information content (AvgIpc) is 2.21. The van der Waals surface area contributed by atoms with Crippen LogP contribution in [0, 0.1) is 5.92 Å². The second kappa shape index (κ2) is 6.35. The van der Waals surface area contributed by atoms with Crippen LogP contribution >= 0.6 is 0 Å². The first-order valence-electron chi connectivity index (χ1n) is 5.21. The van der Waals surface area contributed by atoms with Gasteiger partial charge in [0.1, 0.15) is 0 Å². The van der Waals surface area contributed by atoms with Crippen molar-refractivity contribution in [3.8, 4) is 0 Å². The van der Waals surface area contributed by atoms with E-state index in [2.05, 4.69) is 5.32 Å². The second-order valence-corrected chi connectivity index (χ2v) is 3.50. The molecule has 0 saturated carbocycles. The lowest BCUT2D eigenvalue weighted by atomic mass is 9.92. The first-order valence-corrected chi connectivity index (χ1v) is 5.21. The Bertz CT molecular complexity index is 124. The third kappa shape index (κ3) is 3.63. The van der Waals surface area contributed by atoms with E-state index in [9.17, 15) is 0 Å². The van der Waals surface area contributed by atoms with Crippen molar-refractivity contribution >= 4 is 0 Å². The van der Waals surface area contributed by atoms with E-state index in [1.165, 1.54) is 12.8 Å². The topological polar surface area (TPSA) is 30.5 Å². The summed E-state index contributed by atoms with van der Waals surface area (Å²) < 4.78 is 10.8. The maximum atomic E-state index is 5.44. The number of ether oxygens (including phenoxy) is 2. The second-order valence-electron chi connectivity index (χ2n) is 3.50. The smallest absolute Gasteiger partial charge is 0.0622 e. The molecule has 0 bridgehead atoms. The molecule has 13 heavy (non-hydrogen) atoms. The quantitative estimate of drug-likeness (QED) is 0.697. The fourth-order valence-corrected chi connectivity index (χ4v) is 1.82. The summed E-state index contributed by atoms with van der Waals surface area (Å²) in [5.41, 5.74) is 0. The van der Waals surface area contributed by atoms with Gasteiger partial charge in [0.15, 0.2) is 0 Å². The lowest BCUT2D eigenvalue weighted by molar-refractivity contribution is 0.0327. The van der Waals surface area contributed by atoms with Crippen molar-refractivity contribution in [2.45, 2.75) is 25.8 Å². The molecule has 0 aromatic heterocycles. The van der Waals surface area contributed by atoms with Crippen LogP contribution in [0.15, 0.2) is 0 Å². The van der Waals surface area contributed by atoms with Crippen LogP contribution in [0.5, 0.6) is 0 Å². The van der Waals surface area contributed by atoms with Gasteiger partial charge in [-0.25, -0.2) is 0 Å². The van der Waals surface area contributed by atoms with Crippen molar-refractivity contribution in [1.29, 1.82) is 0 Å². The summed E-state index contributed by atoms with van der Waals surface area (Å²) in [6, 6.07) is 0.504. The summed E-state index contributed by atoms with van der Waals surface area (Å²) in [7, 11) is 2.01. The molecule has 0 aliphatic carbocycles. The van der Waals surface area contributed by atoms with Crippen LogP contribution in [0.3, 0.4) is 0 Å². The van der Waals surface area contributed by atoms with Crippen molar-refractivity contribution < 1.29 is 9.47 Å². The molecule has 1 saturated heterocycles. The van der Waals surface area contributed by atoms with E-state index in [-0.39, 0.29) is 0 Å². The molecule has 1 fully saturated rings. The molecule has 0 aromatic rings. The maximum absolute atomic E-state index is 5.44. The highest BCUT2D eigenvalue weighted by atomic mass is 16.5. The average molecular weight is 187 g/mol. The summed E-state index contributed by atoms with van der Waals surface area (Å²) in [5, 5.41) is 3.33. The Morgan fingerprint density at radius 1 is 1.46 bits per heavy atom. The van der Waals surface area contributed by atoms with Gasteiger partial charge in [0.05, 0.1) is 6.61 Å². The predicted molar refractivity (Wildman–Crippen MR) is 52.9 cm³/mol. The molecule has 3 heteroatoms. The summed E-state index contributed by atoms with van der Waals surface area (Å²) >= 11 is 0. The van der Waals surface area contributed by atoms with E-state index < -0.39 is 0 Å². The van der Waals surface area contributed by atoms with E-state index >= 15 is 0 Å². The Balaban J connectivity index is 2.26. The number of hydrogen-bond acceptors (Lipinski definition) is 3. The fraction of sp³-hybridized carbons (Fsp3) is 1.00. The van der Waals surface area contributed by atoms with Gasteiger partial charge in [0.25, 0.3) is 0 Å². The minimum Gasteiger partial charge on any atom is -0.381 e. The van der Waals surface area contributed by atoms with Crippen LogP contribution in [-0.4, -0.2) is 39.5 Å². The van der Waals surface area contributed by atoms with Crippen molar-refractivity contribution in [2.75, 3.05) is 33.5 Å². The van der Waals surface area contributed by atoms with Gasteiger partial charge in [-0.2, -0.15) is 0 Å². The SMILES string of the molecule is CCOCC(NC)C1CCOCC1. The van der Waals surface area contributed by atoms with Gasteiger partial charge in [-0.05, 0) is 32.7 Å². The number of hydrogen-bond donors (Lipinski definition) is 1. The highest BCUT2D eigenvalue weighted by molar-refractivity contribution is 4.76. The van der Waals surface area contributed by atoms with Crippen molar-refractivity contribution in [3.05, 3.63) is 0 Å². The molecule has 1 unspecified atom stereocenters. The molecule has 78 valence electrons. The van der Waals surface area contributed by atoms with Gasteiger partial charge in [-0.15, -0.1) is 0 Å².